The fourth-order valence-corrected chi connectivity index (χ4v) is 4.96. The largest absolute Gasteiger partial charge is 0.313 e. The van der Waals surface area contributed by atoms with E-state index in [1.54, 1.807) is 4.31 Å². The van der Waals surface area contributed by atoms with Gasteiger partial charge in [0.2, 0.25) is 10.0 Å². The second-order valence-corrected chi connectivity index (χ2v) is 8.45. The van der Waals surface area contributed by atoms with Gasteiger partial charge in [0.05, 0.1) is 5.75 Å². The zero-order valence-electron chi connectivity index (χ0n) is 12.5. The SMILES string of the molecule is CCCNCc1ccc(CS(=O)(=O)N2CCSCC2)cc1. The van der Waals surface area contributed by atoms with Crippen LogP contribution >= 0.6 is 11.8 Å². The Morgan fingerprint density at radius 1 is 1.14 bits per heavy atom. The molecule has 21 heavy (non-hydrogen) atoms. The summed E-state index contributed by atoms with van der Waals surface area (Å²) >= 11 is 1.82. The number of hydrogen-bond acceptors (Lipinski definition) is 4. The molecule has 0 aliphatic carbocycles. The third-order valence-electron chi connectivity index (χ3n) is 3.49. The van der Waals surface area contributed by atoms with E-state index in [9.17, 15) is 8.42 Å². The van der Waals surface area contributed by atoms with E-state index >= 15 is 0 Å². The van der Waals surface area contributed by atoms with Crippen LogP contribution in [-0.4, -0.2) is 43.9 Å². The molecule has 1 aliphatic rings. The van der Waals surface area contributed by atoms with Crippen LogP contribution in [0.5, 0.6) is 0 Å². The van der Waals surface area contributed by atoms with Crippen LogP contribution in [0, 0.1) is 0 Å². The highest BCUT2D eigenvalue weighted by Gasteiger charge is 2.24. The van der Waals surface area contributed by atoms with E-state index in [-0.39, 0.29) is 5.75 Å². The monoisotopic (exact) mass is 328 g/mol. The number of rotatable bonds is 7. The van der Waals surface area contributed by atoms with E-state index in [1.165, 1.54) is 5.56 Å². The Morgan fingerprint density at radius 3 is 2.38 bits per heavy atom. The Morgan fingerprint density at radius 2 is 1.76 bits per heavy atom. The van der Waals surface area contributed by atoms with Crippen molar-refractivity contribution >= 4 is 21.8 Å². The molecule has 2 rings (SSSR count). The third kappa shape index (κ3) is 5.29. The topological polar surface area (TPSA) is 49.4 Å². The van der Waals surface area contributed by atoms with Crippen molar-refractivity contribution in [3.05, 3.63) is 35.4 Å². The molecular weight excluding hydrogens is 304 g/mol. The van der Waals surface area contributed by atoms with Gasteiger partial charge in [-0.05, 0) is 24.1 Å². The molecule has 0 spiro atoms. The van der Waals surface area contributed by atoms with Crippen LogP contribution in [0.4, 0.5) is 0 Å². The molecule has 6 heteroatoms. The van der Waals surface area contributed by atoms with Crippen molar-refractivity contribution in [2.75, 3.05) is 31.1 Å². The number of thioether (sulfide) groups is 1. The summed E-state index contributed by atoms with van der Waals surface area (Å²) in [6, 6.07) is 7.89. The summed E-state index contributed by atoms with van der Waals surface area (Å²) in [5, 5.41) is 3.34. The minimum Gasteiger partial charge on any atom is -0.313 e. The molecule has 0 atom stereocenters. The van der Waals surface area contributed by atoms with E-state index in [2.05, 4.69) is 12.2 Å². The first-order chi connectivity index (χ1) is 10.1. The van der Waals surface area contributed by atoms with Gasteiger partial charge >= 0.3 is 0 Å². The Bertz CT molecular complexity index is 523. The maximum absolute atomic E-state index is 12.4. The van der Waals surface area contributed by atoms with Crippen LogP contribution in [0.2, 0.25) is 0 Å². The maximum Gasteiger partial charge on any atom is 0.218 e. The van der Waals surface area contributed by atoms with Crippen molar-refractivity contribution in [1.29, 1.82) is 0 Å². The molecule has 1 aliphatic heterocycles. The standard InChI is InChI=1S/C15H24N2O2S2/c1-2-7-16-12-14-3-5-15(6-4-14)13-21(18,19)17-8-10-20-11-9-17/h3-6,16H,2,7-13H2,1H3. The van der Waals surface area contributed by atoms with E-state index in [0.717, 1.165) is 36.6 Å². The van der Waals surface area contributed by atoms with E-state index < -0.39 is 10.0 Å². The van der Waals surface area contributed by atoms with E-state index in [0.29, 0.717) is 13.1 Å². The molecule has 4 nitrogen and oxygen atoms in total. The average Bonchev–Trinajstić information content (AvgIpc) is 2.50. The first-order valence-electron chi connectivity index (χ1n) is 7.46. The van der Waals surface area contributed by atoms with Crippen LogP contribution in [0.1, 0.15) is 24.5 Å². The number of hydrogen-bond donors (Lipinski definition) is 1. The summed E-state index contributed by atoms with van der Waals surface area (Å²) < 4.78 is 26.3. The Kier molecular flexibility index (Phi) is 6.54. The summed E-state index contributed by atoms with van der Waals surface area (Å²) in [6.07, 6.45) is 1.12. The van der Waals surface area contributed by atoms with Crippen LogP contribution in [0.25, 0.3) is 0 Å². The smallest absolute Gasteiger partial charge is 0.218 e. The van der Waals surface area contributed by atoms with Crippen molar-refractivity contribution in [2.45, 2.75) is 25.6 Å². The summed E-state index contributed by atoms with van der Waals surface area (Å²) in [7, 11) is -3.17. The zero-order valence-corrected chi connectivity index (χ0v) is 14.2. The Hall–Kier alpha value is -0.560. The fraction of sp³-hybridized carbons (Fsp3) is 0.600. The number of nitrogens with zero attached hydrogens (tertiary/aromatic N) is 1. The van der Waals surface area contributed by atoms with Gasteiger partial charge < -0.3 is 5.32 Å². The fourth-order valence-electron chi connectivity index (χ4n) is 2.29. The second-order valence-electron chi connectivity index (χ2n) is 5.26. The molecule has 0 aromatic heterocycles. The lowest BCUT2D eigenvalue weighted by atomic mass is 10.1. The highest BCUT2D eigenvalue weighted by Crippen LogP contribution is 2.17. The molecule has 0 bridgehead atoms. The summed E-state index contributed by atoms with van der Waals surface area (Å²) in [5.74, 6) is 1.92. The summed E-state index contributed by atoms with van der Waals surface area (Å²) in [6.45, 7) is 5.27. The van der Waals surface area contributed by atoms with Gasteiger partial charge in [-0.3, -0.25) is 0 Å². The van der Waals surface area contributed by atoms with E-state index in [1.807, 2.05) is 36.0 Å². The van der Waals surface area contributed by atoms with Crippen molar-refractivity contribution in [3.63, 3.8) is 0 Å². The molecule has 1 heterocycles. The van der Waals surface area contributed by atoms with Crippen LogP contribution < -0.4 is 5.32 Å². The van der Waals surface area contributed by atoms with Crippen molar-refractivity contribution < 1.29 is 8.42 Å². The minimum absolute atomic E-state index is 0.111. The Labute approximate surface area is 132 Å². The minimum atomic E-state index is -3.17. The summed E-state index contributed by atoms with van der Waals surface area (Å²) in [5.41, 5.74) is 2.06. The number of nitrogens with one attached hydrogen (secondary N) is 1. The van der Waals surface area contributed by atoms with Crippen LogP contribution in [0.3, 0.4) is 0 Å². The highest BCUT2D eigenvalue weighted by molar-refractivity contribution is 7.99. The molecule has 1 saturated heterocycles. The second kappa shape index (κ2) is 8.17. The van der Waals surface area contributed by atoms with Gasteiger partial charge in [0.15, 0.2) is 0 Å². The third-order valence-corrected chi connectivity index (χ3v) is 6.28. The molecule has 1 aromatic rings. The van der Waals surface area contributed by atoms with Crippen LogP contribution in [-0.2, 0) is 22.3 Å². The normalized spacial score (nSPS) is 17.0. The Balaban J connectivity index is 1.92. The number of benzene rings is 1. The molecule has 118 valence electrons. The van der Waals surface area contributed by atoms with Gasteiger partial charge in [-0.2, -0.15) is 16.1 Å². The average molecular weight is 329 g/mol. The first kappa shape index (κ1) is 16.8. The molecule has 1 aromatic carbocycles. The molecule has 1 N–H and O–H groups in total. The van der Waals surface area contributed by atoms with Crippen molar-refractivity contribution in [2.24, 2.45) is 0 Å². The molecule has 0 saturated carbocycles. The maximum atomic E-state index is 12.4. The summed E-state index contributed by atoms with van der Waals surface area (Å²) in [4.78, 5) is 0. The predicted molar refractivity (Wildman–Crippen MR) is 90.0 cm³/mol. The lowest BCUT2D eigenvalue weighted by Gasteiger charge is -2.25. The lowest BCUT2D eigenvalue weighted by molar-refractivity contribution is 0.443. The predicted octanol–water partition coefficient (Wildman–Crippen LogP) is 2.06. The van der Waals surface area contributed by atoms with Crippen molar-refractivity contribution in [1.82, 2.24) is 9.62 Å². The van der Waals surface area contributed by atoms with Crippen LogP contribution in [0.15, 0.2) is 24.3 Å². The quantitative estimate of drug-likeness (QED) is 0.779. The van der Waals surface area contributed by atoms with Gasteiger partial charge in [-0.1, -0.05) is 31.2 Å². The van der Waals surface area contributed by atoms with Gasteiger partial charge in [0.25, 0.3) is 0 Å². The molecule has 0 unspecified atom stereocenters. The lowest BCUT2D eigenvalue weighted by Crippen LogP contribution is -2.38. The van der Waals surface area contributed by atoms with Crippen molar-refractivity contribution in [3.8, 4) is 0 Å². The molecule has 0 amide bonds. The first-order valence-corrected chi connectivity index (χ1v) is 10.2. The molecule has 1 fully saturated rings. The molecular formula is C15H24N2O2S2. The highest BCUT2D eigenvalue weighted by atomic mass is 32.2. The van der Waals surface area contributed by atoms with Gasteiger partial charge in [-0.25, -0.2) is 8.42 Å². The number of sulfonamides is 1. The van der Waals surface area contributed by atoms with E-state index in [4.69, 9.17) is 0 Å². The van der Waals surface area contributed by atoms with Gasteiger partial charge in [0.1, 0.15) is 0 Å². The molecule has 0 radical (unpaired) electrons. The zero-order chi connectivity index (χ0) is 15.1. The van der Waals surface area contributed by atoms with Gasteiger partial charge in [0, 0.05) is 31.1 Å². The van der Waals surface area contributed by atoms with Gasteiger partial charge in [-0.15, -0.1) is 0 Å².